The number of rotatable bonds is 3. The molecule has 0 saturated heterocycles. The molecule has 15 heavy (non-hydrogen) atoms. The van der Waals surface area contributed by atoms with Crippen LogP contribution in [0.5, 0.6) is 0 Å². The van der Waals surface area contributed by atoms with Crippen LogP contribution < -0.4 is 0 Å². The molecule has 1 aliphatic carbocycles. The van der Waals surface area contributed by atoms with Crippen molar-refractivity contribution in [2.45, 2.75) is 33.1 Å². The van der Waals surface area contributed by atoms with E-state index < -0.39 is 0 Å². The van der Waals surface area contributed by atoms with Crippen LogP contribution in [0.2, 0.25) is 0 Å². The number of hydrogen-bond donors (Lipinski definition) is 0. The van der Waals surface area contributed by atoms with Crippen molar-refractivity contribution in [3.63, 3.8) is 0 Å². The van der Waals surface area contributed by atoms with Gasteiger partial charge in [0.1, 0.15) is 13.6 Å². The first-order valence-electron chi connectivity index (χ1n) is 5.13. The van der Waals surface area contributed by atoms with E-state index in [9.17, 15) is 0 Å². The van der Waals surface area contributed by atoms with Crippen molar-refractivity contribution in [1.29, 1.82) is 0 Å². The predicted octanol–water partition coefficient (Wildman–Crippen LogP) is 2.50. The van der Waals surface area contributed by atoms with E-state index in [1.54, 1.807) is 0 Å². The summed E-state index contributed by atoms with van der Waals surface area (Å²) in [5.41, 5.74) is 0. The van der Waals surface area contributed by atoms with E-state index in [-0.39, 0.29) is 0 Å². The molecule has 0 radical (unpaired) electrons. The topological polar surface area (TPSA) is 43.4 Å². The zero-order valence-electron chi connectivity index (χ0n) is 9.78. The lowest BCUT2D eigenvalue weighted by Gasteiger charge is -2.13. The minimum atomic E-state index is 0.909. The summed E-state index contributed by atoms with van der Waals surface area (Å²) < 4.78 is 5.00. The van der Waals surface area contributed by atoms with Crippen LogP contribution in [0.3, 0.4) is 0 Å². The Hall–Kier alpha value is -0.270. The first-order valence-corrected chi connectivity index (χ1v) is 5.60. The molecular formula is C11H23O3P. The van der Waals surface area contributed by atoms with Gasteiger partial charge in [0.15, 0.2) is 0 Å². The predicted molar refractivity (Wildman–Crippen MR) is 65.6 cm³/mol. The Balaban J connectivity index is 0. The van der Waals surface area contributed by atoms with Gasteiger partial charge in [-0.2, -0.15) is 0 Å². The SMILES string of the molecule is C=O.C=O.CC1CC(C)C(CCOP)C1. The van der Waals surface area contributed by atoms with Gasteiger partial charge in [-0.15, -0.1) is 0 Å². The van der Waals surface area contributed by atoms with E-state index in [0.29, 0.717) is 0 Å². The van der Waals surface area contributed by atoms with Gasteiger partial charge in [0.25, 0.3) is 0 Å². The smallest absolute Gasteiger partial charge is 0.106 e. The molecule has 0 aromatic carbocycles. The molecule has 1 aliphatic rings. The summed E-state index contributed by atoms with van der Waals surface area (Å²) in [6.45, 7) is 9.64. The molecule has 0 bridgehead atoms. The summed E-state index contributed by atoms with van der Waals surface area (Å²) in [6.07, 6.45) is 4.08. The van der Waals surface area contributed by atoms with E-state index in [2.05, 4.69) is 23.3 Å². The summed E-state index contributed by atoms with van der Waals surface area (Å²) in [7, 11) is 2.33. The Labute approximate surface area is 95.2 Å². The van der Waals surface area contributed by atoms with Gasteiger partial charge in [-0.25, -0.2) is 0 Å². The second-order valence-corrected chi connectivity index (χ2v) is 4.31. The Morgan fingerprint density at radius 1 is 1.20 bits per heavy atom. The van der Waals surface area contributed by atoms with Gasteiger partial charge in [-0.05, 0) is 37.0 Å². The molecule has 1 saturated carbocycles. The molecule has 0 aromatic rings. The van der Waals surface area contributed by atoms with Gasteiger partial charge >= 0.3 is 0 Å². The van der Waals surface area contributed by atoms with Crippen molar-refractivity contribution < 1.29 is 14.1 Å². The summed E-state index contributed by atoms with van der Waals surface area (Å²) >= 11 is 0. The van der Waals surface area contributed by atoms with E-state index in [0.717, 1.165) is 24.4 Å². The fraction of sp³-hybridized carbons (Fsp3) is 0.818. The lowest BCUT2D eigenvalue weighted by atomic mass is 9.95. The van der Waals surface area contributed by atoms with Crippen molar-refractivity contribution in [3.8, 4) is 0 Å². The molecule has 1 rings (SSSR count). The number of hydrogen-bond acceptors (Lipinski definition) is 3. The average Bonchev–Trinajstić information content (AvgIpc) is 2.60. The van der Waals surface area contributed by atoms with Crippen LogP contribution in [0.4, 0.5) is 0 Å². The number of carbonyl (C=O) groups excluding carboxylic acids is 2. The molecular weight excluding hydrogens is 211 g/mol. The molecule has 0 spiro atoms. The van der Waals surface area contributed by atoms with Gasteiger partial charge in [0, 0.05) is 9.47 Å². The summed E-state index contributed by atoms with van der Waals surface area (Å²) in [5.74, 6) is 2.79. The average molecular weight is 234 g/mol. The van der Waals surface area contributed by atoms with Gasteiger partial charge in [0.05, 0.1) is 6.61 Å². The van der Waals surface area contributed by atoms with E-state index in [1.165, 1.54) is 19.3 Å². The lowest BCUT2D eigenvalue weighted by molar-refractivity contribution is -0.0987. The zero-order chi connectivity index (χ0) is 12.3. The molecule has 0 heterocycles. The highest BCUT2D eigenvalue weighted by Crippen LogP contribution is 2.37. The monoisotopic (exact) mass is 234 g/mol. The molecule has 4 heteroatoms. The van der Waals surface area contributed by atoms with Crippen molar-refractivity contribution in [1.82, 2.24) is 0 Å². The quantitative estimate of drug-likeness (QED) is 0.705. The summed E-state index contributed by atoms with van der Waals surface area (Å²) in [6, 6.07) is 0. The maximum atomic E-state index is 8.00. The maximum absolute atomic E-state index is 8.00. The standard InChI is InChI=1S/C9H19OP.2CH2O/c1-7-5-8(2)9(6-7)3-4-10-11;2*1-2/h7-9H,3-6,11H2,1-2H3;2*1H2. The maximum Gasteiger partial charge on any atom is 0.106 e. The molecule has 0 N–H and O–H groups in total. The highest BCUT2D eigenvalue weighted by atomic mass is 31.0. The molecule has 0 amide bonds. The van der Waals surface area contributed by atoms with Crippen molar-refractivity contribution in [2.24, 2.45) is 17.8 Å². The van der Waals surface area contributed by atoms with Crippen molar-refractivity contribution in [3.05, 3.63) is 0 Å². The van der Waals surface area contributed by atoms with Gasteiger partial charge in [-0.3, -0.25) is 0 Å². The van der Waals surface area contributed by atoms with Gasteiger partial charge in [0.2, 0.25) is 0 Å². The minimum absolute atomic E-state index is 0.909. The first kappa shape index (κ1) is 17.1. The third kappa shape index (κ3) is 7.64. The first-order chi connectivity index (χ1) is 7.24. The Bertz CT molecular complexity index is 142. The van der Waals surface area contributed by atoms with Crippen LogP contribution in [0, 0.1) is 17.8 Å². The van der Waals surface area contributed by atoms with Crippen LogP contribution in [-0.2, 0) is 14.1 Å². The Morgan fingerprint density at radius 3 is 2.07 bits per heavy atom. The minimum Gasteiger partial charge on any atom is -0.366 e. The van der Waals surface area contributed by atoms with Crippen LogP contribution in [0.25, 0.3) is 0 Å². The molecule has 3 nitrogen and oxygen atoms in total. The second-order valence-electron chi connectivity index (χ2n) is 3.97. The number of carbonyl (C=O) groups is 2. The molecule has 4 unspecified atom stereocenters. The van der Waals surface area contributed by atoms with Crippen molar-refractivity contribution in [2.75, 3.05) is 6.61 Å². The van der Waals surface area contributed by atoms with Gasteiger partial charge < -0.3 is 14.1 Å². The molecule has 90 valence electrons. The van der Waals surface area contributed by atoms with Crippen molar-refractivity contribution >= 4 is 23.0 Å². The molecule has 0 aromatic heterocycles. The van der Waals surface area contributed by atoms with Crippen LogP contribution in [0.15, 0.2) is 0 Å². The third-order valence-electron chi connectivity index (χ3n) is 2.89. The van der Waals surface area contributed by atoms with Gasteiger partial charge in [-0.1, -0.05) is 13.8 Å². The Kier molecular flexibility index (Phi) is 13.5. The lowest BCUT2D eigenvalue weighted by Crippen LogP contribution is -2.05. The fourth-order valence-corrected chi connectivity index (χ4v) is 2.43. The van der Waals surface area contributed by atoms with E-state index >= 15 is 0 Å². The van der Waals surface area contributed by atoms with E-state index in [1.807, 2.05) is 13.6 Å². The molecule has 0 aliphatic heterocycles. The normalized spacial score (nSPS) is 28.3. The van der Waals surface area contributed by atoms with Crippen LogP contribution >= 0.6 is 9.47 Å². The fourth-order valence-electron chi connectivity index (χ4n) is 2.29. The third-order valence-corrected chi connectivity index (χ3v) is 3.13. The zero-order valence-corrected chi connectivity index (χ0v) is 10.9. The summed E-state index contributed by atoms with van der Waals surface area (Å²) in [4.78, 5) is 16.0. The molecule has 4 atom stereocenters. The molecule has 1 fully saturated rings. The highest BCUT2D eigenvalue weighted by molar-refractivity contribution is 7.09. The summed E-state index contributed by atoms with van der Waals surface area (Å²) in [5, 5.41) is 0. The highest BCUT2D eigenvalue weighted by Gasteiger charge is 2.27. The largest absolute Gasteiger partial charge is 0.366 e. The van der Waals surface area contributed by atoms with Crippen LogP contribution in [0.1, 0.15) is 33.1 Å². The second kappa shape index (κ2) is 11.8. The Morgan fingerprint density at radius 2 is 1.73 bits per heavy atom. The van der Waals surface area contributed by atoms with E-state index in [4.69, 9.17) is 14.1 Å². The van der Waals surface area contributed by atoms with Crippen LogP contribution in [-0.4, -0.2) is 20.2 Å².